The molecule has 2 aliphatic heterocycles. The number of benzene rings is 2. The highest BCUT2D eigenvalue weighted by Crippen LogP contribution is 2.46. The Morgan fingerprint density at radius 3 is 2.37 bits per heavy atom. The van der Waals surface area contributed by atoms with Gasteiger partial charge >= 0.3 is 6.09 Å². The van der Waals surface area contributed by atoms with Crippen LogP contribution in [0.25, 0.3) is 22.3 Å². The Hall–Kier alpha value is -5.45. The Morgan fingerprint density at radius 2 is 1.70 bits per heavy atom. The molecule has 1 saturated heterocycles. The Labute approximate surface area is 369 Å². The minimum atomic E-state index is -3.94. The first-order valence-electron chi connectivity index (χ1n) is 21.9. The third kappa shape index (κ3) is 10.7. The SMILES string of the molecule is COc1ccc2c(O[C@@H]3C[C@H]4C(=O)N[C@]5(C(=O)NS(=O)(=O)C6CC6)CC5/C=C\CC[C@H](C)C[C@@H](C)[C@H](NC(=O)OC(C)(C)C)C(=O)N4C3)nc(-c3ccc(OC(C)C)cc3)nc2c1. The maximum Gasteiger partial charge on any atom is 0.408 e. The maximum absolute atomic E-state index is 15.0. The number of alkyl carbamates (subject to hydrolysis) is 1. The predicted molar refractivity (Wildman–Crippen MR) is 235 cm³/mol. The number of carbonyl (C=O) groups excluding carboxylic acids is 4. The van der Waals surface area contributed by atoms with Gasteiger partial charge in [-0.15, -0.1) is 0 Å². The van der Waals surface area contributed by atoms with Gasteiger partial charge in [0.2, 0.25) is 27.7 Å². The minimum absolute atomic E-state index is 0.0151. The number of nitrogens with one attached hydrogen (secondary N) is 3. The second kappa shape index (κ2) is 18.0. The standard InChI is InChI=1S/C46H60N6O10S/c1-26(2)60-31-15-13-29(14-16-31)39-47-36-22-32(59-8)17-20-35(36)41(49-39)61-33-23-37-40(53)50-46(43(55)51-63(57,58)34-18-19-34)24-30(46)12-10-9-11-27(3)21-28(4)38(42(54)52(37)25-33)48-44(56)62-45(5,6)7/h10,12-17,20,22,26-28,30,33-34,37-38H,9,11,18-19,21,23-25H2,1-8H3,(H,48,56)(H,50,53)(H,51,55)/b12-10-/t27-,28+,30?,33+,37-,38-,46+/m0/s1. The van der Waals surface area contributed by atoms with E-state index in [9.17, 15) is 22.8 Å². The number of aromatic nitrogens is 2. The highest BCUT2D eigenvalue weighted by Gasteiger charge is 2.62. The number of allylic oxidation sites excluding steroid dienone is 1. The van der Waals surface area contributed by atoms with Crippen LogP contribution in [0.3, 0.4) is 0 Å². The summed E-state index contributed by atoms with van der Waals surface area (Å²) >= 11 is 0. The van der Waals surface area contributed by atoms with Crippen LogP contribution in [0, 0.1) is 17.8 Å². The summed E-state index contributed by atoms with van der Waals surface area (Å²) in [4.78, 5) is 68.1. The Kier molecular flexibility index (Phi) is 13.0. The van der Waals surface area contributed by atoms with Gasteiger partial charge in [-0.3, -0.25) is 19.1 Å². The van der Waals surface area contributed by atoms with Crippen LogP contribution in [0.4, 0.5) is 4.79 Å². The van der Waals surface area contributed by atoms with Crippen molar-refractivity contribution in [3.63, 3.8) is 0 Å². The Bertz CT molecular complexity index is 2360. The van der Waals surface area contributed by atoms with E-state index >= 15 is 4.79 Å². The maximum atomic E-state index is 15.0. The first-order chi connectivity index (χ1) is 29.7. The lowest BCUT2D eigenvalue weighted by atomic mass is 9.88. The predicted octanol–water partition coefficient (Wildman–Crippen LogP) is 5.83. The number of carbonyl (C=O) groups is 4. The van der Waals surface area contributed by atoms with E-state index in [0.29, 0.717) is 59.5 Å². The number of ether oxygens (including phenoxy) is 4. The fourth-order valence-electron chi connectivity index (χ4n) is 8.47. The van der Waals surface area contributed by atoms with Crippen LogP contribution >= 0.6 is 0 Å². The number of fused-ring (bicyclic) bond motifs is 3. The van der Waals surface area contributed by atoms with Gasteiger partial charge in [-0.25, -0.2) is 18.2 Å². The van der Waals surface area contributed by atoms with Crippen LogP contribution in [-0.4, -0.2) is 101 Å². The molecule has 16 nitrogen and oxygen atoms in total. The highest BCUT2D eigenvalue weighted by atomic mass is 32.2. The van der Waals surface area contributed by atoms with Gasteiger partial charge in [0.25, 0.3) is 5.91 Å². The van der Waals surface area contributed by atoms with E-state index in [1.165, 1.54) is 4.90 Å². The summed E-state index contributed by atoms with van der Waals surface area (Å²) in [5.41, 5.74) is -1.18. The third-order valence-electron chi connectivity index (χ3n) is 11.9. The third-order valence-corrected chi connectivity index (χ3v) is 13.7. The molecule has 7 rings (SSSR count). The molecule has 3 aromatic rings. The Morgan fingerprint density at radius 1 is 0.984 bits per heavy atom. The summed E-state index contributed by atoms with van der Waals surface area (Å²) in [5, 5.41) is 5.65. The van der Waals surface area contributed by atoms with Crippen molar-refractivity contribution in [3.05, 3.63) is 54.6 Å². The first kappa shape index (κ1) is 45.6. The average Bonchev–Trinajstić information content (AvgIpc) is 4.14. The van der Waals surface area contributed by atoms with Crippen LogP contribution in [-0.2, 0) is 29.1 Å². The van der Waals surface area contributed by atoms with E-state index in [4.69, 9.17) is 28.9 Å². The van der Waals surface area contributed by atoms with Gasteiger partial charge in [0.05, 0.1) is 35.9 Å². The molecule has 4 amide bonds. The molecule has 0 bridgehead atoms. The van der Waals surface area contributed by atoms with Gasteiger partial charge in [0, 0.05) is 24.0 Å². The summed E-state index contributed by atoms with van der Waals surface area (Å²) in [7, 11) is -2.38. The summed E-state index contributed by atoms with van der Waals surface area (Å²) in [6.45, 7) is 13.0. The van der Waals surface area contributed by atoms with E-state index in [0.717, 1.165) is 6.42 Å². The molecule has 7 atom stereocenters. The van der Waals surface area contributed by atoms with Crippen molar-refractivity contribution in [2.75, 3.05) is 13.7 Å². The quantitative estimate of drug-likeness (QED) is 0.206. The molecule has 1 aromatic heterocycles. The average molecular weight is 889 g/mol. The first-order valence-corrected chi connectivity index (χ1v) is 23.4. The van der Waals surface area contributed by atoms with E-state index in [-0.39, 0.29) is 43.2 Å². The van der Waals surface area contributed by atoms with Gasteiger partial charge < -0.3 is 34.5 Å². The number of nitrogens with zero attached hydrogens (tertiary/aromatic N) is 3. The molecule has 4 aliphatic rings. The molecule has 3 N–H and O–H groups in total. The number of hydrogen-bond donors (Lipinski definition) is 3. The zero-order valence-electron chi connectivity index (χ0n) is 37.3. The molecule has 0 radical (unpaired) electrons. The summed E-state index contributed by atoms with van der Waals surface area (Å²) < 4.78 is 51.9. The second-order valence-corrected chi connectivity index (χ2v) is 20.8. The van der Waals surface area contributed by atoms with Gasteiger partial charge in [0.15, 0.2) is 5.82 Å². The Balaban J connectivity index is 1.25. The van der Waals surface area contributed by atoms with E-state index < -0.39 is 74.3 Å². The van der Waals surface area contributed by atoms with Gasteiger partial charge in [-0.1, -0.05) is 26.0 Å². The van der Waals surface area contributed by atoms with Crippen molar-refractivity contribution < 1.29 is 46.5 Å². The van der Waals surface area contributed by atoms with Crippen molar-refractivity contribution >= 4 is 44.7 Å². The normalized spacial score (nSPS) is 27.2. The van der Waals surface area contributed by atoms with Crippen molar-refractivity contribution in [2.45, 2.75) is 134 Å². The van der Waals surface area contributed by atoms with E-state index in [1.54, 1.807) is 46.1 Å². The van der Waals surface area contributed by atoms with Gasteiger partial charge in [-0.05, 0) is 121 Å². The summed E-state index contributed by atoms with van der Waals surface area (Å²) in [6.07, 6.45) is 5.29. The fourth-order valence-corrected chi connectivity index (χ4v) is 9.83. The number of rotatable bonds is 10. The molecule has 3 heterocycles. The molecule has 340 valence electrons. The number of hydrogen-bond acceptors (Lipinski definition) is 12. The monoisotopic (exact) mass is 888 g/mol. The zero-order chi connectivity index (χ0) is 45.4. The molecule has 0 spiro atoms. The van der Waals surface area contributed by atoms with E-state index in [1.807, 2.05) is 57.2 Å². The van der Waals surface area contributed by atoms with Crippen LogP contribution in [0.15, 0.2) is 54.6 Å². The van der Waals surface area contributed by atoms with Crippen LogP contribution in [0.1, 0.15) is 93.4 Å². The molecule has 2 aromatic carbocycles. The topological polar surface area (TPSA) is 204 Å². The summed E-state index contributed by atoms with van der Waals surface area (Å²) in [5.74, 6) is -0.891. The number of sulfonamides is 1. The number of methoxy groups -OCH3 is 1. The molecular formula is C46H60N6O10S. The molecule has 2 aliphatic carbocycles. The molecule has 63 heavy (non-hydrogen) atoms. The van der Waals surface area contributed by atoms with Crippen LogP contribution < -0.4 is 29.6 Å². The second-order valence-electron chi connectivity index (χ2n) is 18.8. The van der Waals surface area contributed by atoms with Crippen molar-refractivity contribution in [1.29, 1.82) is 0 Å². The lowest BCUT2D eigenvalue weighted by Gasteiger charge is -2.33. The molecule has 1 unspecified atom stereocenters. The molecule has 2 saturated carbocycles. The lowest BCUT2D eigenvalue weighted by Crippen LogP contribution is -2.59. The van der Waals surface area contributed by atoms with Gasteiger partial charge in [0.1, 0.15) is 40.8 Å². The molecule has 17 heteroatoms. The van der Waals surface area contributed by atoms with Crippen molar-refractivity contribution in [1.82, 2.24) is 30.2 Å². The zero-order valence-corrected chi connectivity index (χ0v) is 38.1. The van der Waals surface area contributed by atoms with Crippen LogP contribution in [0.2, 0.25) is 0 Å². The van der Waals surface area contributed by atoms with Crippen molar-refractivity contribution in [3.8, 4) is 28.8 Å². The summed E-state index contributed by atoms with van der Waals surface area (Å²) in [6, 6.07) is 10.4. The molecule has 3 fully saturated rings. The number of amides is 4. The minimum Gasteiger partial charge on any atom is -0.497 e. The van der Waals surface area contributed by atoms with Crippen molar-refractivity contribution in [2.24, 2.45) is 17.8 Å². The largest absolute Gasteiger partial charge is 0.497 e. The smallest absolute Gasteiger partial charge is 0.408 e. The molecular weight excluding hydrogens is 829 g/mol. The lowest BCUT2D eigenvalue weighted by molar-refractivity contribution is -0.142. The van der Waals surface area contributed by atoms with Crippen LogP contribution in [0.5, 0.6) is 17.4 Å². The van der Waals surface area contributed by atoms with Gasteiger partial charge in [-0.2, -0.15) is 4.98 Å². The highest BCUT2D eigenvalue weighted by molar-refractivity contribution is 7.91. The fraction of sp³-hybridized carbons (Fsp3) is 0.565. The van der Waals surface area contributed by atoms with E-state index in [2.05, 4.69) is 22.3 Å².